The number of hydrogen-bond acceptors (Lipinski definition) is 4. The number of benzene rings is 1. The Morgan fingerprint density at radius 3 is 2.84 bits per heavy atom. The highest BCUT2D eigenvalue weighted by Gasteiger charge is 2.25. The molecule has 1 heterocycles. The third-order valence-corrected chi connectivity index (χ3v) is 3.07. The maximum Gasteiger partial charge on any atom is 0.270 e. The fourth-order valence-corrected chi connectivity index (χ4v) is 2.21. The summed E-state index contributed by atoms with van der Waals surface area (Å²) in [7, 11) is 1.53. The van der Waals surface area contributed by atoms with E-state index in [9.17, 15) is 14.9 Å². The standard InChI is InChI=1S/C13H14N2O4/c1-9(16)14-6-5-10(8-19-2)12-7-11(15(17)18)3-4-13(12)14/h3-4,7-8H,5-6H2,1-2H3/b10-8+. The van der Waals surface area contributed by atoms with Crippen LogP contribution in [0.3, 0.4) is 0 Å². The average Bonchev–Trinajstić information content (AvgIpc) is 2.38. The number of amides is 1. The lowest BCUT2D eigenvalue weighted by Gasteiger charge is -2.29. The maximum atomic E-state index is 11.6. The topological polar surface area (TPSA) is 72.7 Å². The minimum absolute atomic E-state index is 0.00570. The number of nitro groups is 1. The van der Waals surface area contributed by atoms with Gasteiger partial charge in [-0.15, -0.1) is 0 Å². The SMILES string of the molecule is CO/C=C1\CCN(C(C)=O)c2ccc([N+](=O)[O-])cc21. The summed E-state index contributed by atoms with van der Waals surface area (Å²) in [6, 6.07) is 4.50. The predicted octanol–water partition coefficient (Wildman–Crippen LogP) is 2.34. The number of anilines is 1. The molecule has 100 valence electrons. The van der Waals surface area contributed by atoms with Crippen LogP contribution in [0.4, 0.5) is 11.4 Å². The fraction of sp³-hybridized carbons (Fsp3) is 0.308. The molecule has 0 N–H and O–H groups in total. The molecule has 0 fully saturated rings. The third kappa shape index (κ3) is 2.42. The number of ether oxygens (including phenoxy) is 1. The fourth-order valence-electron chi connectivity index (χ4n) is 2.21. The van der Waals surface area contributed by atoms with Crippen LogP contribution in [0.15, 0.2) is 24.5 Å². The van der Waals surface area contributed by atoms with Crippen molar-refractivity contribution in [2.24, 2.45) is 0 Å². The van der Waals surface area contributed by atoms with Gasteiger partial charge >= 0.3 is 0 Å². The van der Waals surface area contributed by atoms with Crippen LogP contribution in [-0.2, 0) is 9.53 Å². The molecule has 1 aliphatic rings. The van der Waals surface area contributed by atoms with Crippen LogP contribution in [0.25, 0.3) is 5.57 Å². The molecular weight excluding hydrogens is 248 g/mol. The largest absolute Gasteiger partial charge is 0.504 e. The normalized spacial score (nSPS) is 16.1. The number of methoxy groups -OCH3 is 1. The van der Waals surface area contributed by atoms with E-state index in [1.807, 2.05) is 0 Å². The molecule has 0 bridgehead atoms. The van der Waals surface area contributed by atoms with Gasteiger partial charge in [-0.1, -0.05) is 0 Å². The molecule has 0 aromatic heterocycles. The molecule has 0 saturated heterocycles. The molecule has 6 heteroatoms. The van der Waals surface area contributed by atoms with Crippen molar-refractivity contribution in [3.05, 3.63) is 40.1 Å². The monoisotopic (exact) mass is 262 g/mol. The van der Waals surface area contributed by atoms with E-state index in [4.69, 9.17) is 4.74 Å². The average molecular weight is 262 g/mol. The van der Waals surface area contributed by atoms with Gasteiger partial charge < -0.3 is 9.64 Å². The van der Waals surface area contributed by atoms with Crippen LogP contribution in [0, 0.1) is 10.1 Å². The molecule has 19 heavy (non-hydrogen) atoms. The van der Waals surface area contributed by atoms with Gasteiger partial charge in [-0.05, 0) is 18.1 Å². The van der Waals surface area contributed by atoms with Crippen molar-refractivity contribution in [2.45, 2.75) is 13.3 Å². The molecule has 6 nitrogen and oxygen atoms in total. The van der Waals surface area contributed by atoms with Gasteiger partial charge in [-0.2, -0.15) is 0 Å². The summed E-state index contributed by atoms with van der Waals surface area (Å²) in [5.41, 5.74) is 2.23. The lowest BCUT2D eigenvalue weighted by molar-refractivity contribution is -0.384. The lowest BCUT2D eigenvalue weighted by atomic mass is 9.96. The molecule has 1 aromatic carbocycles. The Balaban J connectivity index is 2.57. The van der Waals surface area contributed by atoms with E-state index in [0.717, 1.165) is 5.57 Å². The Hall–Kier alpha value is -2.37. The van der Waals surface area contributed by atoms with Crippen LogP contribution in [0.1, 0.15) is 18.9 Å². The van der Waals surface area contributed by atoms with Crippen molar-refractivity contribution < 1.29 is 14.5 Å². The minimum atomic E-state index is -0.447. The van der Waals surface area contributed by atoms with E-state index >= 15 is 0 Å². The molecule has 0 aliphatic carbocycles. The summed E-state index contributed by atoms with van der Waals surface area (Å²) in [4.78, 5) is 23.6. The molecule has 2 rings (SSSR count). The van der Waals surface area contributed by atoms with E-state index in [2.05, 4.69) is 0 Å². The van der Waals surface area contributed by atoms with Gasteiger partial charge in [0, 0.05) is 31.2 Å². The van der Waals surface area contributed by atoms with Crippen LogP contribution < -0.4 is 4.90 Å². The molecule has 0 radical (unpaired) electrons. The maximum absolute atomic E-state index is 11.6. The Morgan fingerprint density at radius 2 is 2.26 bits per heavy atom. The first kappa shape index (κ1) is 13.1. The van der Waals surface area contributed by atoms with Crippen molar-refractivity contribution in [3.63, 3.8) is 0 Å². The molecule has 1 amide bonds. The summed E-state index contributed by atoms with van der Waals surface area (Å²) in [5.74, 6) is -0.0773. The summed E-state index contributed by atoms with van der Waals surface area (Å²) < 4.78 is 5.00. The second-order valence-corrected chi connectivity index (χ2v) is 4.26. The predicted molar refractivity (Wildman–Crippen MR) is 70.7 cm³/mol. The Kier molecular flexibility index (Phi) is 3.50. The van der Waals surface area contributed by atoms with Crippen molar-refractivity contribution in [1.29, 1.82) is 0 Å². The molecule has 0 spiro atoms. The molecule has 0 atom stereocenters. The van der Waals surface area contributed by atoms with Crippen LogP contribution in [0.5, 0.6) is 0 Å². The zero-order chi connectivity index (χ0) is 14.0. The zero-order valence-electron chi connectivity index (χ0n) is 10.8. The molecule has 0 saturated carbocycles. The van der Waals surface area contributed by atoms with E-state index < -0.39 is 4.92 Å². The molecule has 0 unspecified atom stereocenters. The first-order chi connectivity index (χ1) is 9.04. The van der Waals surface area contributed by atoms with Gasteiger partial charge in [0.05, 0.1) is 24.0 Å². The van der Waals surface area contributed by atoms with Gasteiger partial charge in [-0.25, -0.2) is 0 Å². The highest BCUT2D eigenvalue weighted by Crippen LogP contribution is 2.36. The number of non-ortho nitro benzene ring substituents is 1. The summed E-state index contributed by atoms with van der Waals surface area (Å²) >= 11 is 0. The van der Waals surface area contributed by atoms with Crippen LogP contribution in [0.2, 0.25) is 0 Å². The smallest absolute Gasteiger partial charge is 0.270 e. The summed E-state index contributed by atoms with van der Waals surface area (Å²) in [5, 5.41) is 10.8. The number of nitrogens with zero attached hydrogens (tertiary/aromatic N) is 2. The van der Waals surface area contributed by atoms with Crippen molar-refractivity contribution in [3.8, 4) is 0 Å². The zero-order valence-corrected chi connectivity index (χ0v) is 10.8. The van der Waals surface area contributed by atoms with Gasteiger partial charge in [0.2, 0.25) is 5.91 Å². The Labute approximate surface area is 110 Å². The quantitative estimate of drug-likeness (QED) is 0.466. The van der Waals surface area contributed by atoms with Crippen LogP contribution >= 0.6 is 0 Å². The van der Waals surface area contributed by atoms with Gasteiger partial charge in [-0.3, -0.25) is 14.9 Å². The highest BCUT2D eigenvalue weighted by molar-refractivity contribution is 5.97. The first-order valence-corrected chi connectivity index (χ1v) is 5.83. The molecule has 1 aliphatic heterocycles. The minimum Gasteiger partial charge on any atom is -0.504 e. The number of fused-ring (bicyclic) bond motifs is 1. The van der Waals surface area contributed by atoms with Crippen molar-refractivity contribution >= 4 is 22.9 Å². The third-order valence-electron chi connectivity index (χ3n) is 3.07. The number of carbonyl (C=O) groups is 1. The number of rotatable bonds is 2. The van der Waals surface area contributed by atoms with Crippen molar-refractivity contribution in [2.75, 3.05) is 18.6 Å². The second-order valence-electron chi connectivity index (χ2n) is 4.26. The van der Waals surface area contributed by atoms with E-state index in [1.165, 1.54) is 26.2 Å². The number of hydrogen-bond donors (Lipinski definition) is 0. The van der Waals surface area contributed by atoms with Gasteiger partial charge in [0.25, 0.3) is 5.69 Å². The van der Waals surface area contributed by atoms with Crippen molar-refractivity contribution in [1.82, 2.24) is 0 Å². The summed E-state index contributed by atoms with van der Waals surface area (Å²) in [6.45, 7) is 2.03. The Bertz CT molecular complexity index is 566. The van der Waals surface area contributed by atoms with E-state index in [-0.39, 0.29) is 11.6 Å². The summed E-state index contributed by atoms with van der Waals surface area (Å²) in [6.07, 6.45) is 2.18. The van der Waals surface area contributed by atoms with Gasteiger partial charge in [0.15, 0.2) is 0 Å². The Morgan fingerprint density at radius 1 is 1.53 bits per heavy atom. The lowest BCUT2D eigenvalue weighted by Crippen LogP contribution is -2.33. The number of carbonyl (C=O) groups excluding carboxylic acids is 1. The van der Waals surface area contributed by atoms with E-state index in [0.29, 0.717) is 24.2 Å². The second kappa shape index (κ2) is 5.09. The van der Waals surface area contributed by atoms with Crippen LogP contribution in [-0.4, -0.2) is 24.5 Å². The van der Waals surface area contributed by atoms with Gasteiger partial charge in [0.1, 0.15) is 0 Å². The first-order valence-electron chi connectivity index (χ1n) is 5.83. The molecule has 1 aromatic rings. The highest BCUT2D eigenvalue weighted by atomic mass is 16.6. The molecular formula is C13H14N2O4. The van der Waals surface area contributed by atoms with E-state index in [1.54, 1.807) is 17.2 Å². The number of nitro benzene ring substituents is 1.